The zero-order chi connectivity index (χ0) is 19.3. The van der Waals surface area contributed by atoms with E-state index in [0.29, 0.717) is 12.0 Å². The number of methoxy groups -OCH3 is 1. The smallest absolute Gasteiger partial charge is 0.338 e. The van der Waals surface area contributed by atoms with Crippen molar-refractivity contribution in [1.82, 2.24) is 0 Å². The van der Waals surface area contributed by atoms with E-state index in [9.17, 15) is 14.4 Å². The summed E-state index contributed by atoms with van der Waals surface area (Å²) in [6.07, 6.45) is 3.61. The average molecular weight is 360 g/mol. The third kappa shape index (κ3) is 5.41. The number of benzene rings is 1. The second kappa shape index (κ2) is 8.47. The number of Topliss-reactive ketones (excluding diaryl/α,β-unsaturated/α-hetero) is 1. The van der Waals surface area contributed by atoms with Crippen LogP contribution < -0.4 is 0 Å². The van der Waals surface area contributed by atoms with Gasteiger partial charge in [-0.3, -0.25) is 9.59 Å². The molecule has 0 aromatic heterocycles. The minimum absolute atomic E-state index is 0.0603. The predicted octanol–water partition coefficient (Wildman–Crippen LogP) is 3.73. The Morgan fingerprint density at radius 1 is 1.00 bits per heavy atom. The van der Waals surface area contributed by atoms with Gasteiger partial charge in [-0.1, -0.05) is 25.0 Å². The highest BCUT2D eigenvalue weighted by molar-refractivity contribution is 5.90. The van der Waals surface area contributed by atoms with E-state index >= 15 is 0 Å². The van der Waals surface area contributed by atoms with Crippen LogP contribution in [0.15, 0.2) is 24.3 Å². The summed E-state index contributed by atoms with van der Waals surface area (Å²) in [7, 11) is 1.37. The van der Waals surface area contributed by atoms with Crippen LogP contribution in [-0.2, 0) is 25.5 Å². The molecule has 5 nitrogen and oxygen atoms in total. The minimum atomic E-state index is -0.546. The molecule has 142 valence electrons. The fourth-order valence-corrected chi connectivity index (χ4v) is 3.38. The second-order valence-corrected chi connectivity index (χ2v) is 7.86. The molecule has 0 heterocycles. The van der Waals surface area contributed by atoms with Crippen molar-refractivity contribution in [3.05, 3.63) is 35.4 Å². The average Bonchev–Trinajstić information content (AvgIpc) is 2.60. The van der Waals surface area contributed by atoms with Gasteiger partial charge in [0, 0.05) is 12.3 Å². The van der Waals surface area contributed by atoms with Gasteiger partial charge < -0.3 is 9.47 Å². The van der Waals surface area contributed by atoms with Crippen molar-refractivity contribution in [2.75, 3.05) is 7.11 Å². The maximum absolute atomic E-state index is 12.7. The van der Waals surface area contributed by atoms with Crippen LogP contribution in [0.25, 0.3) is 0 Å². The van der Waals surface area contributed by atoms with Crippen LogP contribution in [0.5, 0.6) is 0 Å². The van der Waals surface area contributed by atoms with Crippen LogP contribution in [0.1, 0.15) is 62.4 Å². The van der Waals surface area contributed by atoms with Gasteiger partial charge in [-0.15, -0.1) is 0 Å². The van der Waals surface area contributed by atoms with Crippen LogP contribution in [0.4, 0.5) is 0 Å². The number of carbonyl (C=O) groups excluding carboxylic acids is 3. The standard InChI is InChI=1S/C21H28O5/c1-21(2,3)26-19(23)15-11-9-14(10-12-15)13-18(22)16-7-5-6-8-17(16)20(24)25-4/h9-12,16-17H,5-8,13H2,1-4H3. The fraction of sp³-hybridized carbons (Fsp3) is 0.571. The normalized spacial score (nSPS) is 20.3. The third-order valence-electron chi connectivity index (χ3n) is 4.65. The molecule has 0 spiro atoms. The molecule has 1 aliphatic rings. The van der Waals surface area contributed by atoms with Gasteiger partial charge in [-0.05, 0) is 51.3 Å². The summed E-state index contributed by atoms with van der Waals surface area (Å²) < 4.78 is 10.2. The lowest BCUT2D eigenvalue weighted by molar-refractivity contribution is -0.151. The summed E-state index contributed by atoms with van der Waals surface area (Å²) in [4.78, 5) is 36.7. The highest BCUT2D eigenvalue weighted by atomic mass is 16.6. The molecule has 2 rings (SSSR count). The molecule has 0 bridgehead atoms. The van der Waals surface area contributed by atoms with E-state index in [-0.39, 0.29) is 36.0 Å². The lowest BCUT2D eigenvalue weighted by Gasteiger charge is -2.28. The van der Waals surface area contributed by atoms with Crippen molar-refractivity contribution in [2.45, 2.75) is 58.5 Å². The monoisotopic (exact) mass is 360 g/mol. The van der Waals surface area contributed by atoms with Gasteiger partial charge in [-0.25, -0.2) is 4.79 Å². The molecule has 1 fully saturated rings. The lowest BCUT2D eigenvalue weighted by atomic mass is 9.75. The molecule has 5 heteroatoms. The van der Waals surface area contributed by atoms with E-state index in [0.717, 1.165) is 24.8 Å². The van der Waals surface area contributed by atoms with E-state index in [2.05, 4.69) is 0 Å². The van der Waals surface area contributed by atoms with Gasteiger partial charge in [0.25, 0.3) is 0 Å². The minimum Gasteiger partial charge on any atom is -0.469 e. The van der Waals surface area contributed by atoms with Crippen molar-refractivity contribution in [3.8, 4) is 0 Å². The Bertz CT molecular complexity index is 654. The van der Waals surface area contributed by atoms with Crippen LogP contribution in [0.2, 0.25) is 0 Å². The predicted molar refractivity (Wildman–Crippen MR) is 97.8 cm³/mol. The number of carbonyl (C=O) groups is 3. The largest absolute Gasteiger partial charge is 0.469 e. The van der Waals surface area contributed by atoms with Crippen molar-refractivity contribution < 1.29 is 23.9 Å². The molecule has 0 radical (unpaired) electrons. The molecule has 2 unspecified atom stereocenters. The molecule has 1 aliphatic carbocycles. The highest BCUT2D eigenvalue weighted by Gasteiger charge is 2.36. The van der Waals surface area contributed by atoms with Crippen LogP contribution in [-0.4, -0.2) is 30.4 Å². The highest BCUT2D eigenvalue weighted by Crippen LogP contribution is 2.32. The Morgan fingerprint density at radius 3 is 2.12 bits per heavy atom. The van der Waals surface area contributed by atoms with E-state index in [1.165, 1.54) is 7.11 Å². The van der Waals surface area contributed by atoms with Crippen molar-refractivity contribution in [2.24, 2.45) is 11.8 Å². The summed E-state index contributed by atoms with van der Waals surface area (Å²) in [5.41, 5.74) is 0.744. The number of hydrogen-bond donors (Lipinski definition) is 0. The Morgan fingerprint density at radius 2 is 1.58 bits per heavy atom. The molecular formula is C21H28O5. The first kappa shape index (κ1) is 20.1. The summed E-state index contributed by atoms with van der Waals surface area (Å²) in [5.74, 6) is -1.22. The molecule has 0 saturated heterocycles. The van der Waals surface area contributed by atoms with Gasteiger partial charge in [0.15, 0.2) is 0 Å². The van der Waals surface area contributed by atoms with Gasteiger partial charge in [0.05, 0.1) is 18.6 Å². The number of rotatable bonds is 5. The Labute approximate surface area is 155 Å². The molecular weight excluding hydrogens is 332 g/mol. The number of ether oxygens (including phenoxy) is 2. The van der Waals surface area contributed by atoms with Gasteiger partial charge in [0.2, 0.25) is 0 Å². The Hall–Kier alpha value is -2.17. The van der Waals surface area contributed by atoms with Crippen LogP contribution >= 0.6 is 0 Å². The van der Waals surface area contributed by atoms with Crippen LogP contribution in [0, 0.1) is 11.8 Å². The van der Waals surface area contributed by atoms with E-state index < -0.39 is 5.60 Å². The van der Waals surface area contributed by atoms with Gasteiger partial charge >= 0.3 is 11.9 Å². The van der Waals surface area contributed by atoms with Crippen molar-refractivity contribution in [1.29, 1.82) is 0 Å². The molecule has 2 atom stereocenters. The Balaban J connectivity index is 2.02. The molecule has 0 N–H and O–H groups in total. The Kier molecular flexibility index (Phi) is 6.57. The molecule has 0 amide bonds. The zero-order valence-electron chi connectivity index (χ0n) is 16.0. The first-order chi connectivity index (χ1) is 12.2. The molecule has 26 heavy (non-hydrogen) atoms. The molecule has 0 aliphatic heterocycles. The van der Waals surface area contributed by atoms with Crippen molar-refractivity contribution >= 4 is 17.7 Å². The zero-order valence-corrected chi connectivity index (χ0v) is 16.0. The summed E-state index contributed by atoms with van der Waals surface area (Å²) in [6.45, 7) is 5.46. The maximum Gasteiger partial charge on any atom is 0.338 e. The van der Waals surface area contributed by atoms with E-state index in [1.54, 1.807) is 24.3 Å². The van der Waals surface area contributed by atoms with E-state index in [1.807, 2.05) is 20.8 Å². The first-order valence-electron chi connectivity index (χ1n) is 9.14. The summed E-state index contributed by atoms with van der Waals surface area (Å²) >= 11 is 0. The molecule has 1 aromatic rings. The lowest BCUT2D eigenvalue weighted by Crippen LogP contribution is -2.34. The summed E-state index contributed by atoms with van der Waals surface area (Å²) in [5, 5.41) is 0. The molecule has 1 saturated carbocycles. The maximum atomic E-state index is 12.7. The quantitative estimate of drug-likeness (QED) is 0.748. The molecule has 1 aromatic carbocycles. The topological polar surface area (TPSA) is 69.7 Å². The number of hydrogen-bond acceptors (Lipinski definition) is 5. The van der Waals surface area contributed by atoms with Crippen LogP contribution in [0.3, 0.4) is 0 Å². The second-order valence-electron chi connectivity index (χ2n) is 7.86. The van der Waals surface area contributed by atoms with E-state index in [4.69, 9.17) is 9.47 Å². The summed E-state index contributed by atoms with van der Waals surface area (Å²) in [6, 6.07) is 6.89. The fourth-order valence-electron chi connectivity index (χ4n) is 3.38. The first-order valence-corrected chi connectivity index (χ1v) is 9.14. The van der Waals surface area contributed by atoms with Crippen molar-refractivity contribution in [3.63, 3.8) is 0 Å². The number of esters is 2. The van der Waals surface area contributed by atoms with Gasteiger partial charge in [0.1, 0.15) is 11.4 Å². The third-order valence-corrected chi connectivity index (χ3v) is 4.65. The number of ketones is 1. The van der Waals surface area contributed by atoms with Gasteiger partial charge in [-0.2, -0.15) is 0 Å². The SMILES string of the molecule is COC(=O)C1CCCCC1C(=O)Cc1ccc(C(=O)OC(C)(C)C)cc1.